The second-order valence-corrected chi connectivity index (χ2v) is 16.2. The fourth-order valence-corrected chi connectivity index (χ4v) is 9.74. The number of methoxy groups -OCH3 is 2. The molecule has 2 aliphatic rings. The van der Waals surface area contributed by atoms with Crippen LogP contribution in [0.25, 0.3) is 21.8 Å². The van der Waals surface area contributed by atoms with E-state index in [-0.39, 0.29) is 19.2 Å². The first kappa shape index (κ1) is 38.5. The first-order chi connectivity index (χ1) is 24.0. The molecule has 0 saturated heterocycles. The molecule has 10 nitrogen and oxygen atoms in total. The Hall–Kier alpha value is -2.71. The molecule has 4 aromatic rings. The van der Waals surface area contributed by atoms with Crippen molar-refractivity contribution in [3.63, 3.8) is 0 Å². The summed E-state index contributed by atoms with van der Waals surface area (Å²) in [4.78, 5) is 23.8. The highest BCUT2D eigenvalue weighted by Crippen LogP contribution is 2.44. The van der Waals surface area contributed by atoms with E-state index in [0.29, 0.717) is 36.1 Å². The number of ether oxygens (including phenoxy) is 2. The van der Waals surface area contributed by atoms with Gasteiger partial charge in [0.05, 0.1) is 65.1 Å². The Bertz CT molecular complexity index is 1940. The molecule has 2 fully saturated rings. The number of nitrogens with zero attached hydrogens (tertiary/aromatic N) is 2. The highest BCUT2D eigenvalue weighted by Gasteiger charge is 2.27. The third-order valence-corrected chi connectivity index (χ3v) is 12.2. The van der Waals surface area contributed by atoms with E-state index in [1.807, 2.05) is 28.8 Å². The molecule has 2 heterocycles. The molecule has 2 saturated carbocycles. The Morgan fingerprint density at radius 2 is 1.16 bits per heavy atom. The molecule has 0 atom stereocenters. The summed E-state index contributed by atoms with van der Waals surface area (Å²) >= 11 is 7.48. The van der Waals surface area contributed by atoms with Crippen LogP contribution in [0.2, 0.25) is 0 Å². The average Bonchev–Trinajstić information content (AvgIpc) is 3.56. The first-order valence-corrected chi connectivity index (χ1v) is 20.6. The Kier molecular flexibility index (Phi) is 13.3. The van der Waals surface area contributed by atoms with Crippen LogP contribution < -0.4 is 0 Å². The number of esters is 2. The Labute approximate surface area is 310 Å². The number of benzene rings is 2. The van der Waals surface area contributed by atoms with Gasteiger partial charge in [-0.15, -0.1) is 0 Å². The third-order valence-electron chi connectivity index (χ3n) is 9.88. The molecule has 0 unspecified atom stereocenters. The van der Waals surface area contributed by atoms with Crippen LogP contribution in [0.1, 0.15) is 108 Å². The number of aliphatic hydroxyl groups excluding tert-OH is 1. The van der Waals surface area contributed by atoms with E-state index in [0.717, 1.165) is 44.7 Å². The summed E-state index contributed by atoms with van der Waals surface area (Å²) in [6.45, 7) is 0.971. The van der Waals surface area contributed by atoms with Crippen molar-refractivity contribution in [1.29, 1.82) is 0 Å². The number of hydrogen-bond acceptors (Lipinski definition) is 8. The minimum Gasteiger partial charge on any atom is -0.465 e. The van der Waals surface area contributed by atoms with Crippen molar-refractivity contribution in [1.82, 2.24) is 9.13 Å². The van der Waals surface area contributed by atoms with Crippen LogP contribution >= 0.6 is 31.9 Å². The largest absolute Gasteiger partial charge is 0.465 e. The summed E-state index contributed by atoms with van der Waals surface area (Å²) in [7, 11) is -0.755. The van der Waals surface area contributed by atoms with Crippen LogP contribution in [0.5, 0.6) is 0 Å². The van der Waals surface area contributed by atoms with Gasteiger partial charge in [-0.2, -0.15) is 8.42 Å². The summed E-state index contributed by atoms with van der Waals surface area (Å²) in [6, 6.07) is 11.3. The molecule has 0 bridgehead atoms. The smallest absolute Gasteiger partial charge is 0.337 e. The minimum atomic E-state index is -3.50. The zero-order valence-corrected chi connectivity index (χ0v) is 32.9. The molecule has 2 aromatic carbocycles. The number of hydrogen-bond donors (Lipinski definition) is 1. The molecule has 6 rings (SSSR count). The quantitative estimate of drug-likeness (QED) is 0.125. The fraction of sp³-hybridized carbons (Fsp3) is 0.514. The highest BCUT2D eigenvalue weighted by atomic mass is 79.9. The van der Waals surface area contributed by atoms with Gasteiger partial charge in [0.25, 0.3) is 10.1 Å². The molecule has 272 valence electrons. The third kappa shape index (κ3) is 8.66. The van der Waals surface area contributed by atoms with E-state index >= 15 is 0 Å². The number of aliphatic hydroxyl groups is 1. The minimum absolute atomic E-state index is 0.0355. The van der Waals surface area contributed by atoms with E-state index in [4.69, 9.17) is 13.7 Å². The highest BCUT2D eigenvalue weighted by molar-refractivity contribution is 9.10. The van der Waals surface area contributed by atoms with Crippen LogP contribution in [0.4, 0.5) is 0 Å². The average molecular weight is 839 g/mol. The first-order valence-electron chi connectivity index (χ1n) is 17.2. The maximum atomic E-state index is 12.0. The van der Waals surface area contributed by atoms with Gasteiger partial charge in [0.15, 0.2) is 0 Å². The van der Waals surface area contributed by atoms with Crippen molar-refractivity contribution < 1.29 is 36.8 Å². The molecule has 1 N–H and O–H groups in total. The zero-order chi connectivity index (χ0) is 36.0. The van der Waals surface area contributed by atoms with Crippen LogP contribution in [-0.2, 0) is 36.9 Å². The Balaban J connectivity index is 0.000000197. The van der Waals surface area contributed by atoms with Crippen LogP contribution in [0.3, 0.4) is 0 Å². The number of carbonyl (C=O) groups is 2. The van der Waals surface area contributed by atoms with Crippen molar-refractivity contribution in [2.24, 2.45) is 0 Å². The van der Waals surface area contributed by atoms with E-state index in [1.165, 1.54) is 82.1 Å². The van der Waals surface area contributed by atoms with E-state index < -0.39 is 16.1 Å². The lowest BCUT2D eigenvalue weighted by Crippen LogP contribution is -2.11. The van der Waals surface area contributed by atoms with Gasteiger partial charge in [0.2, 0.25) is 0 Å². The molecule has 0 radical (unpaired) electrons. The SMILES string of the molecule is COC(=O)c1ccc2c(C3CCCCC3)c(Br)n(CCO)c2c1.COC(=O)c1ccc2c(C3CCCCC3)c(Br)n(CCOS(C)(=O)=O)c2c1. The van der Waals surface area contributed by atoms with Gasteiger partial charge in [-0.05, 0) is 105 Å². The van der Waals surface area contributed by atoms with Gasteiger partial charge in [0.1, 0.15) is 0 Å². The number of aromatic nitrogens is 2. The van der Waals surface area contributed by atoms with Crippen LogP contribution in [-0.4, -0.2) is 68.3 Å². The van der Waals surface area contributed by atoms with Crippen LogP contribution in [0, 0.1) is 0 Å². The van der Waals surface area contributed by atoms with Gasteiger partial charge in [-0.3, -0.25) is 4.18 Å². The van der Waals surface area contributed by atoms with E-state index in [1.54, 1.807) is 12.1 Å². The number of rotatable bonds is 10. The second kappa shape index (κ2) is 17.2. The monoisotopic (exact) mass is 836 g/mol. The lowest BCUT2D eigenvalue weighted by molar-refractivity contribution is 0.0592. The van der Waals surface area contributed by atoms with Crippen LogP contribution in [0.15, 0.2) is 45.6 Å². The standard InChI is InChI=1S/C19H24BrNO5S.C18H22BrNO3/c1-25-19(22)14-8-9-15-16(12-14)21(10-11-26-27(2,23)24)18(20)17(15)13-6-4-3-5-7-13;1-23-18(22)13-7-8-14-15(11-13)20(9-10-21)17(19)16(14)12-5-3-2-4-6-12/h8-9,12-13H,3-7,10-11H2,1-2H3;7-8,11-12,21H,2-6,9-10H2,1H3. The lowest BCUT2D eigenvalue weighted by Gasteiger charge is -2.22. The predicted octanol–water partition coefficient (Wildman–Crippen LogP) is 8.44. The van der Waals surface area contributed by atoms with E-state index in [2.05, 4.69) is 36.4 Å². The van der Waals surface area contributed by atoms with Crippen molar-refractivity contribution in [3.8, 4) is 0 Å². The number of carbonyl (C=O) groups excluding carboxylic acids is 2. The summed E-state index contributed by atoms with van der Waals surface area (Å²) in [5.74, 6) is 0.271. The summed E-state index contributed by atoms with van der Waals surface area (Å²) in [6.07, 6.45) is 13.3. The predicted molar refractivity (Wildman–Crippen MR) is 201 cm³/mol. The topological polar surface area (TPSA) is 126 Å². The van der Waals surface area contributed by atoms with Crippen molar-refractivity contribution in [2.45, 2.75) is 89.1 Å². The molecule has 2 aromatic heterocycles. The number of fused-ring (bicyclic) bond motifs is 2. The van der Waals surface area contributed by atoms with Gasteiger partial charge in [0, 0.05) is 23.9 Å². The molecule has 0 amide bonds. The zero-order valence-electron chi connectivity index (χ0n) is 28.9. The summed E-state index contributed by atoms with van der Waals surface area (Å²) < 4.78 is 43.2. The summed E-state index contributed by atoms with van der Waals surface area (Å²) in [5, 5.41) is 11.7. The summed E-state index contributed by atoms with van der Waals surface area (Å²) in [5.41, 5.74) is 5.43. The molecular weight excluding hydrogens is 792 g/mol. The normalized spacial score (nSPS) is 16.0. The Morgan fingerprint density at radius 1 is 0.740 bits per heavy atom. The fourth-order valence-electron chi connectivity index (χ4n) is 7.56. The van der Waals surface area contributed by atoms with E-state index in [9.17, 15) is 23.1 Å². The Morgan fingerprint density at radius 3 is 1.54 bits per heavy atom. The van der Waals surface area contributed by atoms with Gasteiger partial charge < -0.3 is 23.7 Å². The molecule has 2 aliphatic carbocycles. The van der Waals surface area contributed by atoms with Crippen molar-refractivity contribution in [3.05, 3.63) is 67.9 Å². The maximum absolute atomic E-state index is 12.0. The molecule has 0 spiro atoms. The van der Waals surface area contributed by atoms with Crippen molar-refractivity contribution >= 4 is 75.7 Å². The van der Waals surface area contributed by atoms with Crippen molar-refractivity contribution in [2.75, 3.05) is 33.7 Å². The van der Waals surface area contributed by atoms with Gasteiger partial charge in [-0.1, -0.05) is 50.7 Å². The maximum Gasteiger partial charge on any atom is 0.337 e. The number of halogens is 2. The molecule has 13 heteroatoms. The molecule has 0 aliphatic heterocycles. The molecule has 50 heavy (non-hydrogen) atoms. The lowest BCUT2D eigenvalue weighted by atomic mass is 9.84. The molecular formula is C37H46Br2N2O8S. The van der Waals surface area contributed by atoms with Gasteiger partial charge in [-0.25, -0.2) is 9.59 Å². The van der Waals surface area contributed by atoms with Gasteiger partial charge >= 0.3 is 11.9 Å². The second-order valence-electron chi connectivity index (χ2n) is 13.1.